The molecule has 1 aromatic rings. The molecule has 1 saturated heterocycles. The zero-order valence-corrected chi connectivity index (χ0v) is 12.9. The van der Waals surface area contributed by atoms with E-state index in [1.807, 2.05) is 0 Å². The van der Waals surface area contributed by atoms with Gasteiger partial charge in [0, 0.05) is 29.6 Å². The van der Waals surface area contributed by atoms with E-state index in [4.69, 9.17) is 0 Å². The molecule has 0 amide bonds. The van der Waals surface area contributed by atoms with Gasteiger partial charge in [0.1, 0.15) is 0 Å². The van der Waals surface area contributed by atoms with Gasteiger partial charge in [0.15, 0.2) is 0 Å². The molecule has 4 rings (SSSR count). The Morgan fingerprint density at radius 3 is 2.65 bits per heavy atom. The third kappa shape index (κ3) is 2.76. The maximum absolute atomic E-state index is 3.95. The number of benzene rings is 1. The van der Waals surface area contributed by atoms with Gasteiger partial charge >= 0.3 is 0 Å². The van der Waals surface area contributed by atoms with Gasteiger partial charge in [-0.3, -0.25) is 0 Å². The lowest BCUT2D eigenvalue weighted by molar-refractivity contribution is 0.184. The highest BCUT2D eigenvalue weighted by molar-refractivity contribution is 7.98. The van der Waals surface area contributed by atoms with Gasteiger partial charge in [0.05, 0.1) is 0 Å². The van der Waals surface area contributed by atoms with Crippen LogP contribution < -0.4 is 5.32 Å². The first-order valence-electron chi connectivity index (χ1n) is 8.06. The van der Waals surface area contributed by atoms with Crippen molar-refractivity contribution in [2.75, 3.05) is 18.8 Å². The van der Waals surface area contributed by atoms with Crippen molar-refractivity contribution in [1.29, 1.82) is 0 Å². The molecule has 3 aliphatic rings. The molecule has 2 fully saturated rings. The van der Waals surface area contributed by atoms with Crippen LogP contribution in [0.3, 0.4) is 0 Å². The van der Waals surface area contributed by atoms with E-state index in [9.17, 15) is 0 Å². The SMILES string of the molecule is c1ccc2c(c1)CSCC2NC1CCN(C2CC2)CC1. The summed E-state index contributed by atoms with van der Waals surface area (Å²) in [6.45, 7) is 2.62. The van der Waals surface area contributed by atoms with Crippen LogP contribution >= 0.6 is 11.8 Å². The monoisotopic (exact) mass is 288 g/mol. The minimum absolute atomic E-state index is 0.572. The highest BCUT2D eigenvalue weighted by atomic mass is 32.2. The highest BCUT2D eigenvalue weighted by Gasteiger charge is 2.32. The van der Waals surface area contributed by atoms with Crippen LogP contribution in [0.2, 0.25) is 0 Å². The maximum atomic E-state index is 3.95. The minimum Gasteiger partial charge on any atom is -0.306 e. The normalized spacial score (nSPS) is 28.3. The molecule has 1 aromatic carbocycles. The van der Waals surface area contributed by atoms with Crippen LogP contribution in [0.25, 0.3) is 0 Å². The predicted molar refractivity (Wildman–Crippen MR) is 86.1 cm³/mol. The molecule has 0 aromatic heterocycles. The second kappa shape index (κ2) is 5.70. The molecule has 1 atom stereocenters. The molecular formula is C17H24N2S. The average Bonchev–Trinajstić information content (AvgIpc) is 3.33. The molecule has 1 N–H and O–H groups in total. The Hall–Kier alpha value is -0.510. The molecule has 1 unspecified atom stereocenters. The molecule has 3 heteroatoms. The summed E-state index contributed by atoms with van der Waals surface area (Å²) in [5, 5.41) is 3.95. The molecule has 0 spiro atoms. The summed E-state index contributed by atoms with van der Waals surface area (Å²) in [7, 11) is 0. The quantitative estimate of drug-likeness (QED) is 0.919. The second-order valence-electron chi connectivity index (χ2n) is 6.47. The molecule has 20 heavy (non-hydrogen) atoms. The summed E-state index contributed by atoms with van der Waals surface area (Å²) < 4.78 is 0. The van der Waals surface area contributed by atoms with Gasteiger partial charge in [-0.05, 0) is 49.9 Å². The summed E-state index contributed by atoms with van der Waals surface area (Å²) in [5.74, 6) is 2.42. The Morgan fingerprint density at radius 2 is 1.85 bits per heavy atom. The average molecular weight is 288 g/mol. The van der Waals surface area contributed by atoms with Gasteiger partial charge in [0.2, 0.25) is 0 Å². The Morgan fingerprint density at radius 1 is 1.05 bits per heavy atom. The molecule has 0 radical (unpaired) electrons. The van der Waals surface area contributed by atoms with Crippen molar-refractivity contribution in [3.63, 3.8) is 0 Å². The fourth-order valence-corrected chi connectivity index (χ4v) is 4.79. The number of nitrogens with zero attached hydrogens (tertiary/aromatic N) is 1. The summed E-state index contributed by atoms with van der Waals surface area (Å²) in [4.78, 5) is 2.71. The summed E-state index contributed by atoms with van der Waals surface area (Å²) >= 11 is 2.08. The molecule has 1 saturated carbocycles. The van der Waals surface area contributed by atoms with Crippen LogP contribution in [0, 0.1) is 0 Å². The van der Waals surface area contributed by atoms with Crippen molar-refractivity contribution in [3.05, 3.63) is 35.4 Å². The topological polar surface area (TPSA) is 15.3 Å². The summed E-state index contributed by atoms with van der Waals surface area (Å²) in [5.41, 5.74) is 3.09. The predicted octanol–water partition coefficient (Wildman–Crippen LogP) is 3.19. The number of rotatable bonds is 3. The van der Waals surface area contributed by atoms with E-state index in [1.54, 1.807) is 5.56 Å². The largest absolute Gasteiger partial charge is 0.306 e. The van der Waals surface area contributed by atoms with E-state index < -0.39 is 0 Å². The third-order valence-corrected chi connectivity index (χ3v) is 6.09. The first kappa shape index (κ1) is 13.2. The lowest BCUT2D eigenvalue weighted by Gasteiger charge is -2.36. The fourth-order valence-electron chi connectivity index (χ4n) is 3.68. The van der Waals surface area contributed by atoms with Crippen molar-refractivity contribution in [2.45, 2.75) is 49.6 Å². The van der Waals surface area contributed by atoms with Crippen molar-refractivity contribution >= 4 is 11.8 Å². The first-order chi connectivity index (χ1) is 9.90. The lowest BCUT2D eigenvalue weighted by Crippen LogP contribution is -2.45. The molecule has 1 aliphatic carbocycles. The van der Waals surface area contributed by atoms with Crippen LogP contribution in [-0.2, 0) is 5.75 Å². The van der Waals surface area contributed by atoms with Gasteiger partial charge in [-0.2, -0.15) is 11.8 Å². The maximum Gasteiger partial charge on any atom is 0.0417 e. The molecule has 108 valence electrons. The Bertz CT molecular complexity index is 464. The van der Waals surface area contributed by atoms with E-state index >= 15 is 0 Å². The summed E-state index contributed by atoms with van der Waals surface area (Å²) in [6.07, 6.45) is 5.56. The van der Waals surface area contributed by atoms with E-state index in [0.29, 0.717) is 6.04 Å². The zero-order valence-electron chi connectivity index (χ0n) is 12.1. The molecule has 2 heterocycles. The molecule has 2 aliphatic heterocycles. The smallest absolute Gasteiger partial charge is 0.0417 e. The van der Waals surface area contributed by atoms with Crippen molar-refractivity contribution in [2.24, 2.45) is 0 Å². The van der Waals surface area contributed by atoms with Gasteiger partial charge < -0.3 is 10.2 Å². The van der Waals surface area contributed by atoms with Gasteiger partial charge in [0.25, 0.3) is 0 Å². The third-order valence-electron chi connectivity index (χ3n) is 5.00. The molecule has 0 bridgehead atoms. The van der Waals surface area contributed by atoms with Gasteiger partial charge in [-0.1, -0.05) is 24.3 Å². The fraction of sp³-hybridized carbons (Fsp3) is 0.647. The Labute approximate surface area is 126 Å². The standard InChI is InChI=1S/C17H24N2S/c1-2-4-16-13(3-1)11-20-12-17(16)18-14-7-9-19(10-8-14)15-5-6-15/h1-4,14-15,17-18H,5-12H2. The Kier molecular flexibility index (Phi) is 3.76. The van der Waals surface area contributed by atoms with Crippen molar-refractivity contribution < 1.29 is 0 Å². The summed E-state index contributed by atoms with van der Waals surface area (Å²) in [6, 6.07) is 11.2. The van der Waals surface area contributed by atoms with Crippen LogP contribution in [0.5, 0.6) is 0 Å². The van der Waals surface area contributed by atoms with Gasteiger partial charge in [-0.25, -0.2) is 0 Å². The number of fused-ring (bicyclic) bond motifs is 1. The molecule has 2 nitrogen and oxygen atoms in total. The number of likely N-dealkylation sites (tertiary alicyclic amines) is 1. The van der Waals surface area contributed by atoms with E-state index in [2.05, 4.69) is 46.2 Å². The van der Waals surface area contributed by atoms with E-state index in [-0.39, 0.29) is 0 Å². The second-order valence-corrected chi connectivity index (χ2v) is 7.50. The first-order valence-corrected chi connectivity index (χ1v) is 9.21. The number of hydrogen-bond acceptors (Lipinski definition) is 3. The van der Waals surface area contributed by atoms with Crippen LogP contribution in [0.4, 0.5) is 0 Å². The zero-order chi connectivity index (χ0) is 13.4. The minimum atomic E-state index is 0.572. The number of nitrogens with one attached hydrogen (secondary N) is 1. The number of piperidine rings is 1. The number of thioether (sulfide) groups is 1. The Balaban J connectivity index is 1.38. The van der Waals surface area contributed by atoms with E-state index in [1.165, 1.54) is 55.8 Å². The van der Waals surface area contributed by atoms with Crippen molar-refractivity contribution in [1.82, 2.24) is 10.2 Å². The number of hydrogen-bond donors (Lipinski definition) is 1. The molecular weight excluding hydrogens is 264 g/mol. The van der Waals surface area contributed by atoms with Crippen LogP contribution in [0.1, 0.15) is 42.9 Å². The van der Waals surface area contributed by atoms with Crippen LogP contribution in [-0.4, -0.2) is 35.8 Å². The van der Waals surface area contributed by atoms with E-state index in [0.717, 1.165) is 12.1 Å². The van der Waals surface area contributed by atoms with Crippen LogP contribution in [0.15, 0.2) is 24.3 Å². The highest BCUT2D eigenvalue weighted by Crippen LogP contribution is 2.33. The van der Waals surface area contributed by atoms with Gasteiger partial charge in [-0.15, -0.1) is 0 Å². The lowest BCUT2D eigenvalue weighted by atomic mass is 9.98. The van der Waals surface area contributed by atoms with Crippen molar-refractivity contribution in [3.8, 4) is 0 Å².